The van der Waals surface area contributed by atoms with E-state index in [1.807, 2.05) is 11.8 Å². The summed E-state index contributed by atoms with van der Waals surface area (Å²) in [5.74, 6) is -0.0303. The lowest BCUT2D eigenvalue weighted by Crippen LogP contribution is -2.46. The monoisotopic (exact) mass is 312 g/mol. The second-order valence-corrected chi connectivity index (χ2v) is 6.10. The number of ether oxygens (including phenoxy) is 1. The summed E-state index contributed by atoms with van der Waals surface area (Å²) in [5.41, 5.74) is 5.80. The molecule has 0 radical (unpaired) electrons. The summed E-state index contributed by atoms with van der Waals surface area (Å²) in [6.07, 6.45) is 1.94. The van der Waals surface area contributed by atoms with Crippen molar-refractivity contribution < 1.29 is 14.3 Å². The van der Waals surface area contributed by atoms with Crippen LogP contribution < -0.4 is 11.1 Å². The highest BCUT2D eigenvalue weighted by Gasteiger charge is 2.31. The molecule has 0 aromatic carbocycles. The van der Waals surface area contributed by atoms with Gasteiger partial charge in [0.15, 0.2) is 0 Å². The van der Waals surface area contributed by atoms with Crippen molar-refractivity contribution in [2.24, 2.45) is 5.73 Å². The van der Waals surface area contributed by atoms with E-state index in [1.165, 1.54) is 0 Å². The number of hydrogen-bond acceptors (Lipinski definition) is 5. The third-order valence-corrected chi connectivity index (χ3v) is 4.29. The first-order valence-electron chi connectivity index (χ1n) is 8.24. The van der Waals surface area contributed by atoms with Crippen LogP contribution in [0.4, 0.5) is 0 Å². The summed E-state index contributed by atoms with van der Waals surface area (Å²) in [4.78, 5) is 28.1. The van der Waals surface area contributed by atoms with E-state index in [-0.39, 0.29) is 17.9 Å². The molecule has 2 aliphatic heterocycles. The van der Waals surface area contributed by atoms with E-state index < -0.39 is 6.04 Å². The molecule has 0 spiro atoms. The van der Waals surface area contributed by atoms with Crippen LogP contribution in [-0.4, -0.2) is 79.6 Å². The summed E-state index contributed by atoms with van der Waals surface area (Å²) < 4.78 is 5.31. The van der Waals surface area contributed by atoms with Gasteiger partial charge < -0.3 is 20.7 Å². The van der Waals surface area contributed by atoms with Gasteiger partial charge in [0, 0.05) is 39.1 Å². The van der Waals surface area contributed by atoms with Gasteiger partial charge >= 0.3 is 0 Å². The zero-order chi connectivity index (χ0) is 15.9. The molecule has 7 nitrogen and oxygen atoms in total. The van der Waals surface area contributed by atoms with Crippen molar-refractivity contribution in [3.8, 4) is 0 Å². The number of amides is 2. The Kier molecular flexibility index (Phi) is 6.60. The van der Waals surface area contributed by atoms with E-state index in [9.17, 15) is 9.59 Å². The first-order chi connectivity index (χ1) is 10.6. The average molecular weight is 312 g/mol. The van der Waals surface area contributed by atoms with Gasteiger partial charge in [0.2, 0.25) is 11.8 Å². The fourth-order valence-electron chi connectivity index (χ4n) is 2.92. The Bertz CT molecular complexity index is 385. The van der Waals surface area contributed by atoms with Gasteiger partial charge in [-0.2, -0.15) is 0 Å². The fraction of sp³-hybridized carbons (Fsp3) is 0.867. The molecule has 3 N–H and O–H groups in total. The largest absolute Gasteiger partial charge is 0.379 e. The minimum atomic E-state index is -0.470. The quantitative estimate of drug-likeness (QED) is 0.640. The summed E-state index contributed by atoms with van der Waals surface area (Å²) in [7, 11) is 0. The Balaban J connectivity index is 1.72. The maximum atomic E-state index is 12.0. The zero-order valence-electron chi connectivity index (χ0n) is 13.4. The number of morpholine rings is 1. The molecule has 0 aliphatic carbocycles. The molecule has 2 saturated heterocycles. The maximum Gasteiger partial charge on any atom is 0.237 e. The highest BCUT2D eigenvalue weighted by molar-refractivity contribution is 5.84. The van der Waals surface area contributed by atoms with Gasteiger partial charge in [-0.1, -0.05) is 13.3 Å². The number of nitrogens with zero attached hydrogens (tertiary/aromatic N) is 2. The van der Waals surface area contributed by atoms with Crippen molar-refractivity contribution in [3.05, 3.63) is 0 Å². The van der Waals surface area contributed by atoms with Gasteiger partial charge in [0.1, 0.15) is 0 Å². The number of nitrogens with one attached hydrogen (secondary N) is 1. The number of likely N-dealkylation sites (tertiary alicyclic amines) is 1. The third-order valence-electron chi connectivity index (χ3n) is 4.29. The topological polar surface area (TPSA) is 87.9 Å². The maximum absolute atomic E-state index is 12.0. The molecule has 2 amide bonds. The van der Waals surface area contributed by atoms with E-state index >= 15 is 0 Å². The minimum Gasteiger partial charge on any atom is -0.379 e. The predicted molar refractivity (Wildman–Crippen MR) is 83.3 cm³/mol. The summed E-state index contributed by atoms with van der Waals surface area (Å²) >= 11 is 0. The van der Waals surface area contributed by atoms with Gasteiger partial charge in [0.05, 0.1) is 25.3 Å². The second-order valence-electron chi connectivity index (χ2n) is 6.10. The molecule has 0 aromatic rings. The van der Waals surface area contributed by atoms with Gasteiger partial charge in [-0.15, -0.1) is 0 Å². The van der Waals surface area contributed by atoms with Gasteiger partial charge in [0.25, 0.3) is 0 Å². The van der Waals surface area contributed by atoms with E-state index in [2.05, 4.69) is 10.2 Å². The van der Waals surface area contributed by atoms with Crippen LogP contribution in [0.15, 0.2) is 0 Å². The number of nitrogens with two attached hydrogens (primary N) is 1. The van der Waals surface area contributed by atoms with Crippen molar-refractivity contribution in [1.29, 1.82) is 0 Å². The van der Waals surface area contributed by atoms with Crippen LogP contribution in [0.3, 0.4) is 0 Å². The molecule has 2 aliphatic rings. The molecular formula is C15H28N4O3. The Hall–Kier alpha value is -1.18. The van der Waals surface area contributed by atoms with Crippen LogP contribution in [0.1, 0.15) is 26.2 Å². The van der Waals surface area contributed by atoms with Crippen molar-refractivity contribution >= 4 is 11.8 Å². The van der Waals surface area contributed by atoms with Crippen LogP contribution in [-0.2, 0) is 14.3 Å². The molecule has 2 heterocycles. The SMILES string of the molecule is CCCC(N)C(=O)NC1CC(=O)N(CCN2CCOCC2)C1. The lowest BCUT2D eigenvalue weighted by Gasteiger charge is -2.28. The van der Waals surface area contributed by atoms with Crippen LogP contribution in [0.5, 0.6) is 0 Å². The van der Waals surface area contributed by atoms with Crippen LogP contribution in [0.25, 0.3) is 0 Å². The smallest absolute Gasteiger partial charge is 0.237 e. The molecule has 2 unspecified atom stereocenters. The number of rotatable bonds is 7. The standard InChI is InChI=1S/C15H28N4O3/c1-2-3-13(16)15(21)17-12-10-14(20)19(11-12)5-4-18-6-8-22-9-7-18/h12-13H,2-11,16H2,1H3,(H,17,21). The van der Waals surface area contributed by atoms with Crippen molar-refractivity contribution in [2.75, 3.05) is 45.9 Å². The van der Waals surface area contributed by atoms with Crippen molar-refractivity contribution in [1.82, 2.24) is 15.1 Å². The predicted octanol–water partition coefficient (Wildman–Crippen LogP) is -0.837. The lowest BCUT2D eigenvalue weighted by molar-refractivity contribution is -0.128. The zero-order valence-corrected chi connectivity index (χ0v) is 13.4. The molecule has 0 aromatic heterocycles. The Morgan fingerprint density at radius 3 is 2.82 bits per heavy atom. The van der Waals surface area contributed by atoms with Gasteiger partial charge in [-0.05, 0) is 6.42 Å². The normalized spacial score (nSPS) is 24.5. The molecular weight excluding hydrogens is 284 g/mol. The Morgan fingerprint density at radius 1 is 1.41 bits per heavy atom. The number of carbonyl (C=O) groups is 2. The Morgan fingerprint density at radius 2 is 2.14 bits per heavy atom. The summed E-state index contributed by atoms with van der Waals surface area (Å²) in [6, 6.07) is -0.574. The highest BCUT2D eigenvalue weighted by atomic mass is 16.5. The number of hydrogen-bond donors (Lipinski definition) is 2. The summed E-state index contributed by atoms with van der Waals surface area (Å²) in [5, 5.41) is 2.90. The Labute approximate surface area is 132 Å². The molecule has 2 atom stereocenters. The van der Waals surface area contributed by atoms with Crippen molar-refractivity contribution in [2.45, 2.75) is 38.3 Å². The van der Waals surface area contributed by atoms with Crippen LogP contribution >= 0.6 is 0 Å². The van der Waals surface area contributed by atoms with Crippen LogP contribution in [0, 0.1) is 0 Å². The van der Waals surface area contributed by atoms with E-state index in [4.69, 9.17) is 10.5 Å². The molecule has 0 bridgehead atoms. The molecule has 22 heavy (non-hydrogen) atoms. The molecule has 7 heteroatoms. The average Bonchev–Trinajstić information content (AvgIpc) is 2.86. The summed E-state index contributed by atoms with van der Waals surface area (Å²) in [6.45, 7) is 7.55. The molecule has 126 valence electrons. The first kappa shape index (κ1) is 17.2. The third kappa shape index (κ3) is 4.93. The molecule has 0 saturated carbocycles. The molecule has 2 fully saturated rings. The lowest BCUT2D eigenvalue weighted by atomic mass is 10.1. The second kappa shape index (κ2) is 8.45. The van der Waals surface area contributed by atoms with E-state index in [1.54, 1.807) is 0 Å². The van der Waals surface area contributed by atoms with Gasteiger partial charge in [-0.25, -0.2) is 0 Å². The van der Waals surface area contributed by atoms with Gasteiger partial charge in [-0.3, -0.25) is 14.5 Å². The number of carbonyl (C=O) groups excluding carboxylic acids is 2. The van der Waals surface area contributed by atoms with E-state index in [0.717, 1.165) is 39.3 Å². The molecule has 2 rings (SSSR count). The highest BCUT2D eigenvalue weighted by Crippen LogP contribution is 2.11. The van der Waals surface area contributed by atoms with E-state index in [0.29, 0.717) is 25.9 Å². The fourth-order valence-corrected chi connectivity index (χ4v) is 2.92. The first-order valence-corrected chi connectivity index (χ1v) is 8.24. The van der Waals surface area contributed by atoms with Crippen molar-refractivity contribution in [3.63, 3.8) is 0 Å². The van der Waals surface area contributed by atoms with Crippen LogP contribution in [0.2, 0.25) is 0 Å². The minimum absolute atomic E-state index is 0.104.